The molecule has 0 aliphatic rings. The van der Waals surface area contributed by atoms with E-state index >= 15 is 0 Å². The van der Waals surface area contributed by atoms with Crippen LogP contribution >= 0.6 is 12.6 Å². The summed E-state index contributed by atoms with van der Waals surface area (Å²) in [6, 6.07) is 4.30. The summed E-state index contributed by atoms with van der Waals surface area (Å²) in [5.41, 5.74) is 11.7. The van der Waals surface area contributed by atoms with Gasteiger partial charge in [0.1, 0.15) is 17.8 Å². The molecule has 0 fully saturated rings. The monoisotopic (exact) mass is 284 g/mol. The van der Waals surface area contributed by atoms with Gasteiger partial charge in [-0.3, -0.25) is 0 Å². The minimum atomic E-state index is -0.972. The first-order chi connectivity index (χ1) is 8.93. The third-order valence-electron chi connectivity index (χ3n) is 2.40. The first kappa shape index (κ1) is 15.5. The predicted molar refractivity (Wildman–Crippen MR) is 72.7 cm³/mol. The summed E-state index contributed by atoms with van der Waals surface area (Å²) in [4.78, 5) is 22.8. The number of rotatable bonds is 5. The van der Waals surface area contributed by atoms with Crippen molar-refractivity contribution in [3.05, 3.63) is 29.8 Å². The average molecular weight is 284 g/mol. The van der Waals surface area contributed by atoms with E-state index in [-0.39, 0.29) is 17.9 Å². The van der Waals surface area contributed by atoms with Crippen molar-refractivity contribution in [3.8, 4) is 5.75 Å². The minimum Gasteiger partial charge on any atom is -0.508 e. The van der Waals surface area contributed by atoms with Crippen molar-refractivity contribution in [1.29, 1.82) is 0 Å². The van der Waals surface area contributed by atoms with Crippen LogP contribution in [0, 0.1) is 0 Å². The van der Waals surface area contributed by atoms with Gasteiger partial charge in [0.15, 0.2) is 0 Å². The number of aromatic hydroxyl groups is 1. The van der Waals surface area contributed by atoms with Crippen molar-refractivity contribution >= 4 is 24.6 Å². The molecule has 6 nitrogen and oxygen atoms in total. The van der Waals surface area contributed by atoms with Gasteiger partial charge in [-0.2, -0.15) is 12.6 Å². The van der Waals surface area contributed by atoms with Crippen LogP contribution in [0.3, 0.4) is 0 Å². The first-order valence-electron chi connectivity index (χ1n) is 5.59. The van der Waals surface area contributed by atoms with E-state index in [9.17, 15) is 9.59 Å². The van der Waals surface area contributed by atoms with E-state index in [1.165, 1.54) is 12.1 Å². The van der Waals surface area contributed by atoms with Crippen LogP contribution in [0.2, 0.25) is 0 Å². The van der Waals surface area contributed by atoms with E-state index < -0.39 is 24.0 Å². The molecule has 0 spiro atoms. The number of ether oxygens (including phenoxy) is 1. The van der Waals surface area contributed by atoms with Crippen molar-refractivity contribution in [2.24, 2.45) is 11.5 Å². The van der Waals surface area contributed by atoms with Gasteiger partial charge in [0.25, 0.3) is 0 Å². The Bertz CT molecular complexity index is 450. The molecule has 0 heterocycles. The summed E-state index contributed by atoms with van der Waals surface area (Å²) >= 11 is 3.83. The van der Waals surface area contributed by atoms with Gasteiger partial charge in [0.2, 0.25) is 0 Å². The molecule has 0 bridgehead atoms. The Hall–Kier alpha value is -1.57. The molecule has 5 N–H and O–H groups in total. The SMILES string of the molecule is N[C@@H](CS)C(=O)OC(=O)[C@@H](N)Cc1ccc(O)cc1. The lowest BCUT2D eigenvalue weighted by atomic mass is 10.1. The van der Waals surface area contributed by atoms with Crippen LogP contribution in [0.5, 0.6) is 5.75 Å². The molecule has 0 saturated carbocycles. The number of hydrogen-bond acceptors (Lipinski definition) is 7. The zero-order chi connectivity index (χ0) is 14.4. The number of esters is 2. The number of phenols is 1. The lowest BCUT2D eigenvalue weighted by Gasteiger charge is -2.12. The fourth-order valence-corrected chi connectivity index (χ4v) is 1.44. The van der Waals surface area contributed by atoms with Crippen molar-refractivity contribution < 1.29 is 19.4 Å². The van der Waals surface area contributed by atoms with Gasteiger partial charge in [0.05, 0.1) is 0 Å². The fourth-order valence-electron chi connectivity index (χ4n) is 1.29. The van der Waals surface area contributed by atoms with Gasteiger partial charge in [-0.25, -0.2) is 9.59 Å². The van der Waals surface area contributed by atoms with Crippen LogP contribution in [0.25, 0.3) is 0 Å². The molecular formula is C12H16N2O4S. The summed E-state index contributed by atoms with van der Waals surface area (Å²) < 4.78 is 4.53. The quantitative estimate of drug-likeness (QED) is 0.332. The molecule has 104 valence electrons. The first-order valence-corrected chi connectivity index (χ1v) is 6.22. The third kappa shape index (κ3) is 4.90. The Kier molecular flexibility index (Phi) is 5.81. The third-order valence-corrected chi connectivity index (χ3v) is 2.79. The molecule has 1 aromatic carbocycles. The molecule has 0 unspecified atom stereocenters. The zero-order valence-corrected chi connectivity index (χ0v) is 11.0. The number of thiol groups is 1. The smallest absolute Gasteiger partial charge is 0.331 e. The summed E-state index contributed by atoms with van der Waals surface area (Å²) in [5, 5.41) is 9.12. The largest absolute Gasteiger partial charge is 0.508 e. The molecule has 0 aromatic heterocycles. The van der Waals surface area contributed by atoms with Gasteiger partial charge in [-0.05, 0) is 24.1 Å². The Morgan fingerprint density at radius 2 is 1.68 bits per heavy atom. The lowest BCUT2D eigenvalue weighted by Crippen LogP contribution is -2.41. The maximum atomic E-state index is 11.5. The standard InChI is InChI=1S/C12H16N2O4S/c13-9(5-7-1-3-8(15)4-2-7)11(16)18-12(17)10(14)6-19/h1-4,9-10,15,19H,5-6,13-14H2/t9-,10-/m0/s1. The van der Waals surface area contributed by atoms with Crippen LogP contribution < -0.4 is 11.5 Å². The highest BCUT2D eigenvalue weighted by Crippen LogP contribution is 2.11. The van der Waals surface area contributed by atoms with Crippen molar-refractivity contribution in [3.63, 3.8) is 0 Å². The summed E-state index contributed by atoms with van der Waals surface area (Å²) in [5.74, 6) is -1.48. The molecule has 1 rings (SSSR count). The van der Waals surface area contributed by atoms with Gasteiger partial charge in [-0.15, -0.1) is 0 Å². The van der Waals surface area contributed by atoms with Gasteiger partial charge in [0, 0.05) is 5.75 Å². The Balaban J connectivity index is 2.53. The van der Waals surface area contributed by atoms with Gasteiger partial charge >= 0.3 is 11.9 Å². The van der Waals surface area contributed by atoms with Crippen molar-refractivity contribution in [2.75, 3.05) is 5.75 Å². The second kappa shape index (κ2) is 7.13. The van der Waals surface area contributed by atoms with Crippen LogP contribution in [-0.4, -0.2) is 34.9 Å². The molecule has 7 heteroatoms. The Morgan fingerprint density at radius 1 is 1.16 bits per heavy atom. The molecule has 0 aliphatic heterocycles. The van der Waals surface area contributed by atoms with E-state index in [1.807, 2.05) is 0 Å². The molecule has 0 aliphatic carbocycles. The second-order valence-electron chi connectivity index (χ2n) is 4.01. The molecule has 0 saturated heterocycles. The number of carbonyl (C=O) groups excluding carboxylic acids is 2. The summed E-state index contributed by atoms with van der Waals surface area (Å²) in [6.07, 6.45) is 0.197. The highest BCUT2D eigenvalue weighted by Gasteiger charge is 2.22. The van der Waals surface area contributed by atoms with E-state index in [0.717, 1.165) is 5.56 Å². The molecule has 19 heavy (non-hydrogen) atoms. The number of phenolic OH excluding ortho intramolecular Hbond substituents is 1. The number of hydrogen-bond donors (Lipinski definition) is 4. The summed E-state index contributed by atoms with van der Waals surface area (Å²) in [6.45, 7) is 0. The van der Waals surface area contributed by atoms with Gasteiger partial charge < -0.3 is 21.3 Å². The highest BCUT2D eigenvalue weighted by atomic mass is 32.1. The molecule has 1 aromatic rings. The Labute approximate surface area is 116 Å². The maximum Gasteiger partial charge on any atom is 0.331 e. The average Bonchev–Trinajstić information content (AvgIpc) is 2.40. The van der Waals surface area contributed by atoms with Crippen LogP contribution in [0.4, 0.5) is 0 Å². The second-order valence-corrected chi connectivity index (χ2v) is 4.37. The fraction of sp³-hybridized carbons (Fsp3) is 0.333. The number of carbonyl (C=O) groups is 2. The predicted octanol–water partition coefficient (Wildman–Crippen LogP) is -0.411. The number of benzene rings is 1. The highest BCUT2D eigenvalue weighted by molar-refractivity contribution is 7.80. The molecule has 0 amide bonds. The lowest BCUT2D eigenvalue weighted by molar-refractivity contribution is -0.161. The van der Waals surface area contributed by atoms with Gasteiger partial charge in [-0.1, -0.05) is 12.1 Å². The molecule has 2 atom stereocenters. The maximum absolute atomic E-state index is 11.5. The summed E-state index contributed by atoms with van der Waals surface area (Å²) in [7, 11) is 0. The van der Waals surface area contributed by atoms with Crippen LogP contribution in [0.1, 0.15) is 5.56 Å². The molecule has 0 radical (unpaired) electrons. The van der Waals surface area contributed by atoms with E-state index in [2.05, 4.69) is 17.4 Å². The van der Waals surface area contributed by atoms with Crippen LogP contribution in [-0.2, 0) is 20.7 Å². The Morgan fingerprint density at radius 3 is 2.21 bits per heavy atom. The van der Waals surface area contributed by atoms with Crippen molar-refractivity contribution in [1.82, 2.24) is 0 Å². The van der Waals surface area contributed by atoms with E-state index in [4.69, 9.17) is 16.6 Å². The topological polar surface area (TPSA) is 116 Å². The normalized spacial score (nSPS) is 13.6. The zero-order valence-electron chi connectivity index (χ0n) is 10.2. The van der Waals surface area contributed by atoms with Crippen molar-refractivity contribution in [2.45, 2.75) is 18.5 Å². The number of nitrogens with two attached hydrogens (primary N) is 2. The van der Waals surface area contributed by atoms with E-state index in [0.29, 0.717) is 0 Å². The minimum absolute atomic E-state index is 0.0827. The van der Waals surface area contributed by atoms with E-state index in [1.54, 1.807) is 12.1 Å². The van der Waals surface area contributed by atoms with Crippen LogP contribution in [0.15, 0.2) is 24.3 Å². The molecular weight excluding hydrogens is 268 g/mol.